The molecule has 0 heterocycles. The molecule has 0 amide bonds. The van der Waals surface area contributed by atoms with Crippen molar-refractivity contribution >= 4 is 6.29 Å². The number of allylic oxidation sites excluding steroid dienone is 4. The Bertz CT molecular complexity index is 527. The summed E-state index contributed by atoms with van der Waals surface area (Å²) in [6.07, 6.45) is 7.29. The Morgan fingerprint density at radius 1 is 1.22 bits per heavy atom. The first-order valence-electron chi connectivity index (χ1n) is 6.38. The molecule has 1 aromatic carbocycles. The van der Waals surface area contributed by atoms with Crippen LogP contribution in [0.15, 0.2) is 42.0 Å². The fourth-order valence-electron chi connectivity index (χ4n) is 2.35. The van der Waals surface area contributed by atoms with Crippen molar-refractivity contribution in [3.8, 4) is 0 Å². The molecule has 0 spiro atoms. The summed E-state index contributed by atoms with van der Waals surface area (Å²) in [5.41, 5.74) is 4.50. The van der Waals surface area contributed by atoms with Crippen LogP contribution in [0.25, 0.3) is 0 Å². The molecule has 1 heteroatoms. The maximum atomic E-state index is 11.3. The zero-order valence-corrected chi connectivity index (χ0v) is 11.5. The Kier molecular flexibility index (Phi) is 3.25. The van der Waals surface area contributed by atoms with Crippen molar-refractivity contribution < 1.29 is 4.79 Å². The molecule has 1 aliphatic carbocycles. The largest absolute Gasteiger partial charge is 0.298 e. The van der Waals surface area contributed by atoms with Crippen molar-refractivity contribution in [3.05, 3.63) is 58.7 Å². The van der Waals surface area contributed by atoms with Gasteiger partial charge in [-0.1, -0.05) is 56.7 Å². The van der Waals surface area contributed by atoms with E-state index in [1.165, 1.54) is 11.1 Å². The molecule has 0 aromatic heterocycles. The van der Waals surface area contributed by atoms with E-state index in [0.717, 1.165) is 17.4 Å². The van der Waals surface area contributed by atoms with Gasteiger partial charge in [-0.2, -0.15) is 0 Å². The van der Waals surface area contributed by atoms with Crippen LogP contribution >= 0.6 is 0 Å². The minimum absolute atomic E-state index is 0.0761. The molecule has 2 rings (SSSR count). The summed E-state index contributed by atoms with van der Waals surface area (Å²) in [6.45, 7) is 8.60. The van der Waals surface area contributed by atoms with E-state index in [2.05, 4.69) is 58.1 Å². The highest BCUT2D eigenvalue weighted by molar-refractivity contribution is 5.79. The number of carbonyl (C=O) groups excluding carboxylic acids is 1. The minimum atomic E-state index is 0.0761. The van der Waals surface area contributed by atoms with Gasteiger partial charge >= 0.3 is 0 Å². The molecule has 0 fully saturated rings. The lowest BCUT2D eigenvalue weighted by Gasteiger charge is -2.21. The highest BCUT2D eigenvalue weighted by atomic mass is 16.1. The molecular formula is C17H20O. The maximum absolute atomic E-state index is 11.3. The van der Waals surface area contributed by atoms with Crippen LogP contribution in [-0.2, 0) is 5.41 Å². The molecule has 0 aliphatic heterocycles. The van der Waals surface area contributed by atoms with Crippen LogP contribution in [0.3, 0.4) is 0 Å². The molecule has 0 saturated carbocycles. The SMILES string of the molecule is CC1=CC=CC1c1ccc(C(C)(C)C)cc1C=O. The molecule has 1 aliphatic rings. The van der Waals surface area contributed by atoms with E-state index in [1.54, 1.807) is 0 Å². The summed E-state index contributed by atoms with van der Waals surface area (Å²) in [6, 6.07) is 6.27. The van der Waals surface area contributed by atoms with E-state index >= 15 is 0 Å². The molecule has 0 radical (unpaired) electrons. The number of carbonyl (C=O) groups is 1. The first kappa shape index (κ1) is 12.8. The minimum Gasteiger partial charge on any atom is -0.298 e. The average molecular weight is 240 g/mol. The van der Waals surface area contributed by atoms with Gasteiger partial charge in [-0.3, -0.25) is 4.79 Å². The Labute approximate surface area is 109 Å². The van der Waals surface area contributed by atoms with Gasteiger partial charge in [0.15, 0.2) is 0 Å². The molecule has 1 atom stereocenters. The monoisotopic (exact) mass is 240 g/mol. The van der Waals surface area contributed by atoms with Crippen molar-refractivity contribution in [3.63, 3.8) is 0 Å². The van der Waals surface area contributed by atoms with Gasteiger partial charge in [0.1, 0.15) is 6.29 Å². The number of benzene rings is 1. The van der Waals surface area contributed by atoms with Crippen LogP contribution in [0.1, 0.15) is 55.1 Å². The van der Waals surface area contributed by atoms with E-state index in [9.17, 15) is 4.79 Å². The van der Waals surface area contributed by atoms with Crippen molar-refractivity contribution in [2.75, 3.05) is 0 Å². The molecular weight excluding hydrogens is 220 g/mol. The van der Waals surface area contributed by atoms with Gasteiger partial charge in [0.25, 0.3) is 0 Å². The van der Waals surface area contributed by atoms with E-state index in [0.29, 0.717) is 0 Å². The number of hydrogen-bond donors (Lipinski definition) is 0. The normalized spacial score (nSPS) is 18.9. The fourth-order valence-corrected chi connectivity index (χ4v) is 2.35. The van der Waals surface area contributed by atoms with E-state index < -0.39 is 0 Å². The third-order valence-electron chi connectivity index (χ3n) is 3.57. The molecule has 1 aromatic rings. The lowest BCUT2D eigenvalue weighted by molar-refractivity contribution is 0.112. The van der Waals surface area contributed by atoms with Crippen LogP contribution in [0.4, 0.5) is 0 Å². The van der Waals surface area contributed by atoms with Gasteiger partial charge in [-0.15, -0.1) is 0 Å². The summed E-state index contributed by atoms with van der Waals surface area (Å²) in [4.78, 5) is 11.3. The zero-order chi connectivity index (χ0) is 13.3. The third kappa shape index (κ3) is 2.31. The average Bonchev–Trinajstić information content (AvgIpc) is 2.73. The summed E-state index contributed by atoms with van der Waals surface area (Å²) in [7, 11) is 0. The molecule has 0 saturated heterocycles. The summed E-state index contributed by atoms with van der Waals surface area (Å²) < 4.78 is 0. The predicted molar refractivity (Wildman–Crippen MR) is 76.2 cm³/mol. The first-order chi connectivity index (χ1) is 8.43. The Balaban J connectivity index is 2.48. The van der Waals surface area contributed by atoms with E-state index in [4.69, 9.17) is 0 Å². The van der Waals surface area contributed by atoms with Gasteiger partial charge in [-0.05, 0) is 29.5 Å². The Morgan fingerprint density at radius 3 is 2.44 bits per heavy atom. The zero-order valence-electron chi connectivity index (χ0n) is 11.5. The summed E-state index contributed by atoms with van der Waals surface area (Å²) in [5, 5.41) is 0. The van der Waals surface area contributed by atoms with Gasteiger partial charge in [0.05, 0.1) is 0 Å². The van der Waals surface area contributed by atoms with Gasteiger partial charge < -0.3 is 0 Å². The van der Waals surface area contributed by atoms with Gasteiger partial charge in [0.2, 0.25) is 0 Å². The molecule has 1 unspecified atom stereocenters. The summed E-state index contributed by atoms with van der Waals surface area (Å²) >= 11 is 0. The Morgan fingerprint density at radius 2 is 1.94 bits per heavy atom. The highest BCUT2D eigenvalue weighted by Crippen LogP contribution is 2.33. The van der Waals surface area contributed by atoms with Gasteiger partial charge in [0, 0.05) is 11.5 Å². The summed E-state index contributed by atoms with van der Waals surface area (Å²) in [5.74, 6) is 0.263. The van der Waals surface area contributed by atoms with Crippen LogP contribution in [-0.4, -0.2) is 6.29 Å². The second-order valence-corrected chi connectivity index (χ2v) is 5.98. The van der Waals surface area contributed by atoms with Crippen molar-refractivity contribution in [2.45, 2.75) is 39.0 Å². The van der Waals surface area contributed by atoms with Crippen LogP contribution in [0, 0.1) is 0 Å². The molecule has 94 valence electrons. The van der Waals surface area contributed by atoms with E-state index in [1.807, 2.05) is 6.07 Å². The smallest absolute Gasteiger partial charge is 0.150 e. The Hall–Kier alpha value is -1.63. The third-order valence-corrected chi connectivity index (χ3v) is 3.57. The van der Waals surface area contributed by atoms with Crippen LogP contribution < -0.4 is 0 Å². The maximum Gasteiger partial charge on any atom is 0.150 e. The molecule has 0 N–H and O–H groups in total. The quantitative estimate of drug-likeness (QED) is 0.700. The molecule has 1 nitrogen and oxygen atoms in total. The second-order valence-electron chi connectivity index (χ2n) is 5.98. The fraction of sp³-hybridized carbons (Fsp3) is 0.353. The van der Waals surface area contributed by atoms with Crippen LogP contribution in [0.5, 0.6) is 0 Å². The van der Waals surface area contributed by atoms with Crippen LogP contribution in [0.2, 0.25) is 0 Å². The van der Waals surface area contributed by atoms with Crippen molar-refractivity contribution in [1.82, 2.24) is 0 Å². The van der Waals surface area contributed by atoms with Crippen molar-refractivity contribution in [1.29, 1.82) is 0 Å². The lowest BCUT2D eigenvalue weighted by atomic mass is 9.83. The van der Waals surface area contributed by atoms with Gasteiger partial charge in [-0.25, -0.2) is 0 Å². The second kappa shape index (κ2) is 4.56. The van der Waals surface area contributed by atoms with Crippen molar-refractivity contribution in [2.24, 2.45) is 0 Å². The number of aldehydes is 1. The van der Waals surface area contributed by atoms with E-state index in [-0.39, 0.29) is 11.3 Å². The molecule has 0 bridgehead atoms. The molecule has 18 heavy (non-hydrogen) atoms. The lowest BCUT2D eigenvalue weighted by Crippen LogP contribution is -2.12. The topological polar surface area (TPSA) is 17.1 Å². The standard InChI is InChI=1S/C17H20O/c1-12-6-5-7-15(12)16-9-8-14(17(2,3)4)10-13(16)11-18/h5-11,15H,1-4H3. The predicted octanol–water partition coefficient (Wildman–Crippen LogP) is 4.40. The number of hydrogen-bond acceptors (Lipinski definition) is 1. The highest BCUT2D eigenvalue weighted by Gasteiger charge is 2.20. The first-order valence-corrected chi connectivity index (χ1v) is 6.38. The number of rotatable bonds is 2.